The third-order valence-electron chi connectivity index (χ3n) is 3.50. The lowest BCUT2D eigenvalue weighted by atomic mass is 10.1. The summed E-state index contributed by atoms with van der Waals surface area (Å²) in [6.07, 6.45) is 1.31. The Bertz CT molecular complexity index is 568. The number of carbonyl (C=O) groups excluding carboxylic acids is 1. The first-order valence-corrected chi connectivity index (χ1v) is 6.91. The van der Waals surface area contributed by atoms with Gasteiger partial charge in [0.25, 0.3) is 0 Å². The van der Waals surface area contributed by atoms with Gasteiger partial charge in [0, 0.05) is 31.6 Å². The summed E-state index contributed by atoms with van der Waals surface area (Å²) in [5, 5.41) is 0. The van der Waals surface area contributed by atoms with Crippen LogP contribution in [0, 0.1) is 0 Å². The number of ketones is 1. The minimum atomic E-state index is 0.366. The van der Waals surface area contributed by atoms with Crippen molar-refractivity contribution in [1.29, 1.82) is 0 Å². The molecule has 0 saturated carbocycles. The van der Waals surface area contributed by atoms with E-state index in [0.29, 0.717) is 18.6 Å². The van der Waals surface area contributed by atoms with Crippen LogP contribution in [0.25, 0.3) is 0 Å². The zero-order chi connectivity index (χ0) is 13.8. The van der Waals surface area contributed by atoms with Crippen LogP contribution in [0.15, 0.2) is 54.6 Å². The number of ether oxygens (including phenoxy) is 1. The van der Waals surface area contributed by atoms with Crippen molar-refractivity contribution in [1.82, 2.24) is 0 Å². The van der Waals surface area contributed by atoms with Gasteiger partial charge < -0.3 is 9.64 Å². The molecule has 0 unspecified atom stereocenters. The number of hydrogen-bond acceptors (Lipinski definition) is 3. The number of carbonyl (C=O) groups is 1. The summed E-state index contributed by atoms with van der Waals surface area (Å²) in [4.78, 5) is 13.5. The maximum absolute atomic E-state index is 11.3. The molecular formula is C17H17NO2. The van der Waals surface area contributed by atoms with E-state index in [9.17, 15) is 4.79 Å². The van der Waals surface area contributed by atoms with E-state index in [4.69, 9.17) is 4.74 Å². The maximum atomic E-state index is 11.3. The zero-order valence-corrected chi connectivity index (χ0v) is 11.3. The van der Waals surface area contributed by atoms with Crippen molar-refractivity contribution >= 4 is 11.5 Å². The minimum absolute atomic E-state index is 0.366. The topological polar surface area (TPSA) is 29.5 Å². The summed E-state index contributed by atoms with van der Waals surface area (Å²) in [6.45, 7) is 1.63. The van der Waals surface area contributed by atoms with Crippen molar-refractivity contribution in [3.63, 3.8) is 0 Å². The molecule has 102 valence electrons. The summed E-state index contributed by atoms with van der Waals surface area (Å²) in [5.74, 6) is 2.03. The summed E-state index contributed by atoms with van der Waals surface area (Å²) in [6, 6.07) is 17.8. The Morgan fingerprint density at radius 1 is 0.800 bits per heavy atom. The normalized spacial score (nSPS) is 15.2. The van der Waals surface area contributed by atoms with E-state index in [-0.39, 0.29) is 0 Å². The molecule has 0 atom stereocenters. The standard InChI is InChI=1S/C17H17NO2/c19-15-10-12-18(13-11-15)14-6-8-17(9-7-14)20-16-4-2-1-3-5-16/h1-9H,10-13H2. The molecule has 1 saturated heterocycles. The highest BCUT2D eigenvalue weighted by molar-refractivity contribution is 5.81. The monoisotopic (exact) mass is 267 g/mol. The molecule has 1 fully saturated rings. The lowest BCUT2D eigenvalue weighted by Gasteiger charge is -2.28. The van der Waals surface area contributed by atoms with Crippen LogP contribution in [0.3, 0.4) is 0 Å². The van der Waals surface area contributed by atoms with Crippen molar-refractivity contribution in [2.75, 3.05) is 18.0 Å². The van der Waals surface area contributed by atoms with Crippen molar-refractivity contribution in [2.24, 2.45) is 0 Å². The van der Waals surface area contributed by atoms with E-state index in [1.54, 1.807) is 0 Å². The molecule has 3 nitrogen and oxygen atoms in total. The quantitative estimate of drug-likeness (QED) is 0.850. The molecule has 20 heavy (non-hydrogen) atoms. The number of benzene rings is 2. The Labute approximate surface area is 118 Å². The molecule has 3 rings (SSSR count). The lowest BCUT2D eigenvalue weighted by Crippen LogP contribution is -2.33. The van der Waals surface area contributed by atoms with Crippen LogP contribution in [0.2, 0.25) is 0 Å². The van der Waals surface area contributed by atoms with Gasteiger partial charge in [-0.1, -0.05) is 18.2 Å². The van der Waals surface area contributed by atoms with Gasteiger partial charge in [-0.15, -0.1) is 0 Å². The van der Waals surface area contributed by atoms with Gasteiger partial charge in [-0.05, 0) is 36.4 Å². The molecule has 0 bridgehead atoms. The molecule has 0 amide bonds. The minimum Gasteiger partial charge on any atom is -0.457 e. The molecule has 0 aromatic heterocycles. The second-order valence-corrected chi connectivity index (χ2v) is 4.93. The van der Waals surface area contributed by atoms with Gasteiger partial charge in [0.2, 0.25) is 0 Å². The van der Waals surface area contributed by atoms with Crippen LogP contribution in [0.4, 0.5) is 5.69 Å². The average molecular weight is 267 g/mol. The van der Waals surface area contributed by atoms with Crippen LogP contribution in [-0.2, 0) is 4.79 Å². The Kier molecular flexibility index (Phi) is 3.68. The fourth-order valence-corrected chi connectivity index (χ4v) is 2.36. The molecule has 1 aliphatic heterocycles. The van der Waals surface area contributed by atoms with Gasteiger partial charge >= 0.3 is 0 Å². The summed E-state index contributed by atoms with van der Waals surface area (Å²) < 4.78 is 5.77. The summed E-state index contributed by atoms with van der Waals surface area (Å²) >= 11 is 0. The molecule has 0 spiro atoms. The summed E-state index contributed by atoms with van der Waals surface area (Å²) in [5.41, 5.74) is 1.15. The fraction of sp³-hybridized carbons (Fsp3) is 0.235. The smallest absolute Gasteiger partial charge is 0.136 e. The maximum Gasteiger partial charge on any atom is 0.136 e. The molecule has 0 N–H and O–H groups in total. The van der Waals surface area contributed by atoms with Crippen LogP contribution in [0.1, 0.15) is 12.8 Å². The Balaban J connectivity index is 1.67. The van der Waals surface area contributed by atoms with Crippen molar-refractivity contribution < 1.29 is 9.53 Å². The average Bonchev–Trinajstić information content (AvgIpc) is 2.50. The number of hydrogen-bond donors (Lipinski definition) is 0. The van der Waals surface area contributed by atoms with E-state index < -0.39 is 0 Å². The first-order valence-electron chi connectivity index (χ1n) is 6.91. The number of rotatable bonds is 3. The van der Waals surface area contributed by atoms with E-state index in [2.05, 4.69) is 4.90 Å². The first-order chi connectivity index (χ1) is 9.81. The molecule has 2 aromatic rings. The number of nitrogens with zero attached hydrogens (tertiary/aromatic N) is 1. The summed E-state index contributed by atoms with van der Waals surface area (Å²) in [7, 11) is 0. The fourth-order valence-electron chi connectivity index (χ4n) is 2.36. The van der Waals surface area contributed by atoms with Crippen LogP contribution in [-0.4, -0.2) is 18.9 Å². The van der Waals surface area contributed by atoms with Crippen molar-refractivity contribution in [3.05, 3.63) is 54.6 Å². The van der Waals surface area contributed by atoms with Crippen molar-refractivity contribution in [2.45, 2.75) is 12.8 Å². The first kappa shape index (κ1) is 12.7. The van der Waals surface area contributed by atoms with Crippen LogP contribution >= 0.6 is 0 Å². The number of Topliss-reactive ketones (excluding diaryl/α,β-unsaturated/α-hetero) is 1. The van der Waals surface area contributed by atoms with E-state index in [0.717, 1.165) is 30.3 Å². The third kappa shape index (κ3) is 2.99. The molecular weight excluding hydrogens is 250 g/mol. The molecule has 1 aliphatic rings. The highest BCUT2D eigenvalue weighted by Crippen LogP contribution is 2.25. The van der Waals surface area contributed by atoms with Gasteiger partial charge in [0.05, 0.1) is 0 Å². The molecule has 0 aliphatic carbocycles. The largest absolute Gasteiger partial charge is 0.457 e. The Morgan fingerprint density at radius 2 is 1.40 bits per heavy atom. The number of piperidine rings is 1. The lowest BCUT2D eigenvalue weighted by molar-refractivity contribution is -0.119. The van der Waals surface area contributed by atoms with Gasteiger partial charge in [-0.2, -0.15) is 0 Å². The number of para-hydroxylation sites is 1. The Morgan fingerprint density at radius 3 is 2.05 bits per heavy atom. The van der Waals surface area contributed by atoms with Crippen molar-refractivity contribution in [3.8, 4) is 11.5 Å². The second-order valence-electron chi connectivity index (χ2n) is 4.93. The van der Waals surface area contributed by atoms with E-state index in [1.165, 1.54) is 0 Å². The van der Waals surface area contributed by atoms with Crippen LogP contribution in [0.5, 0.6) is 11.5 Å². The predicted octanol–water partition coefficient (Wildman–Crippen LogP) is 3.65. The van der Waals surface area contributed by atoms with Gasteiger partial charge in [-0.3, -0.25) is 4.79 Å². The highest BCUT2D eigenvalue weighted by atomic mass is 16.5. The third-order valence-corrected chi connectivity index (χ3v) is 3.50. The zero-order valence-electron chi connectivity index (χ0n) is 11.3. The van der Waals surface area contributed by atoms with Crippen LogP contribution < -0.4 is 9.64 Å². The SMILES string of the molecule is O=C1CCN(c2ccc(Oc3ccccc3)cc2)CC1. The molecule has 0 radical (unpaired) electrons. The predicted molar refractivity (Wildman–Crippen MR) is 79.4 cm³/mol. The highest BCUT2D eigenvalue weighted by Gasteiger charge is 2.16. The second kappa shape index (κ2) is 5.78. The molecule has 2 aromatic carbocycles. The van der Waals surface area contributed by atoms with E-state index in [1.807, 2.05) is 54.6 Å². The molecule has 1 heterocycles. The number of anilines is 1. The van der Waals surface area contributed by atoms with Gasteiger partial charge in [0.15, 0.2) is 0 Å². The van der Waals surface area contributed by atoms with E-state index >= 15 is 0 Å². The van der Waals surface area contributed by atoms with Gasteiger partial charge in [0.1, 0.15) is 17.3 Å². The molecule has 3 heteroatoms. The van der Waals surface area contributed by atoms with Gasteiger partial charge in [-0.25, -0.2) is 0 Å². The Hall–Kier alpha value is -2.29.